The van der Waals surface area contributed by atoms with Crippen molar-refractivity contribution in [1.29, 1.82) is 0 Å². The van der Waals surface area contributed by atoms with Crippen LogP contribution in [0.2, 0.25) is 0 Å². The van der Waals surface area contributed by atoms with E-state index >= 15 is 0 Å². The average molecular weight is 334 g/mol. The van der Waals surface area contributed by atoms with Gasteiger partial charge in [-0.05, 0) is 37.2 Å². The Bertz CT molecular complexity index is 515. The van der Waals surface area contributed by atoms with Gasteiger partial charge < -0.3 is 20.5 Å². The zero-order valence-electron chi connectivity index (χ0n) is 13.9. The molecule has 1 saturated heterocycles. The number of aliphatic hydroxyl groups is 1. The molecular formula is C18H26N2O4. The number of rotatable bonds is 8. The summed E-state index contributed by atoms with van der Waals surface area (Å²) in [6.45, 7) is 1.59. The fraction of sp³-hybridized carbons (Fsp3) is 0.556. The Morgan fingerprint density at radius 3 is 2.58 bits per heavy atom. The van der Waals surface area contributed by atoms with Crippen LogP contribution in [0, 0.1) is 0 Å². The summed E-state index contributed by atoms with van der Waals surface area (Å²) in [6, 6.07) is 9.88. The van der Waals surface area contributed by atoms with Gasteiger partial charge in [0.15, 0.2) is 0 Å². The molecular weight excluding hydrogens is 308 g/mol. The third-order valence-electron chi connectivity index (χ3n) is 4.25. The molecule has 6 heteroatoms. The monoisotopic (exact) mass is 334 g/mol. The van der Waals surface area contributed by atoms with Crippen molar-refractivity contribution in [3.8, 4) is 0 Å². The van der Waals surface area contributed by atoms with Gasteiger partial charge in [-0.15, -0.1) is 0 Å². The summed E-state index contributed by atoms with van der Waals surface area (Å²) in [4.78, 5) is 23.6. The van der Waals surface area contributed by atoms with Crippen molar-refractivity contribution in [3.63, 3.8) is 0 Å². The van der Waals surface area contributed by atoms with Crippen molar-refractivity contribution in [2.75, 3.05) is 26.3 Å². The third-order valence-corrected chi connectivity index (χ3v) is 4.25. The summed E-state index contributed by atoms with van der Waals surface area (Å²) >= 11 is 0. The Balaban J connectivity index is 1.70. The lowest BCUT2D eigenvalue weighted by Gasteiger charge is -2.16. The van der Waals surface area contributed by atoms with Gasteiger partial charge in [0.2, 0.25) is 0 Å². The van der Waals surface area contributed by atoms with Crippen LogP contribution < -0.4 is 10.6 Å². The molecule has 1 fully saturated rings. The summed E-state index contributed by atoms with van der Waals surface area (Å²) in [6.07, 6.45) is 3.24. The fourth-order valence-electron chi connectivity index (χ4n) is 2.89. The van der Waals surface area contributed by atoms with Gasteiger partial charge in [-0.2, -0.15) is 0 Å². The predicted octanol–water partition coefficient (Wildman–Crippen LogP) is 0.954. The summed E-state index contributed by atoms with van der Waals surface area (Å²) < 4.78 is 5.40. The molecule has 0 radical (unpaired) electrons. The number of aliphatic hydroxyl groups excluding tert-OH is 1. The van der Waals surface area contributed by atoms with E-state index in [0.717, 1.165) is 25.0 Å². The summed E-state index contributed by atoms with van der Waals surface area (Å²) in [5.74, 6) is -1.08. The Kier molecular flexibility index (Phi) is 7.71. The lowest BCUT2D eigenvalue weighted by atomic mass is 9.93. The lowest BCUT2D eigenvalue weighted by molar-refractivity contribution is -0.139. The van der Waals surface area contributed by atoms with Crippen molar-refractivity contribution in [3.05, 3.63) is 35.9 Å². The minimum absolute atomic E-state index is 0.0220. The molecule has 1 aromatic rings. The highest BCUT2D eigenvalue weighted by Crippen LogP contribution is 2.22. The van der Waals surface area contributed by atoms with E-state index in [4.69, 9.17) is 4.74 Å². The quantitative estimate of drug-likeness (QED) is 0.618. The van der Waals surface area contributed by atoms with Gasteiger partial charge >= 0.3 is 11.8 Å². The molecule has 1 heterocycles. The van der Waals surface area contributed by atoms with Gasteiger partial charge in [-0.25, -0.2) is 0 Å². The number of ether oxygens (including phenoxy) is 1. The van der Waals surface area contributed by atoms with Crippen molar-refractivity contribution < 1.29 is 19.4 Å². The van der Waals surface area contributed by atoms with Crippen LogP contribution in [0.4, 0.5) is 0 Å². The highest BCUT2D eigenvalue weighted by atomic mass is 16.5. The summed E-state index contributed by atoms with van der Waals surface area (Å²) in [7, 11) is 0. The van der Waals surface area contributed by atoms with Crippen LogP contribution in [0.1, 0.15) is 37.2 Å². The number of hydrogen-bond acceptors (Lipinski definition) is 4. The van der Waals surface area contributed by atoms with Gasteiger partial charge in [0.05, 0.1) is 6.10 Å². The first-order valence-electron chi connectivity index (χ1n) is 8.54. The Morgan fingerprint density at radius 1 is 1.17 bits per heavy atom. The zero-order valence-corrected chi connectivity index (χ0v) is 13.9. The van der Waals surface area contributed by atoms with E-state index in [2.05, 4.69) is 10.6 Å². The predicted molar refractivity (Wildman–Crippen MR) is 90.5 cm³/mol. The van der Waals surface area contributed by atoms with E-state index in [1.807, 2.05) is 30.3 Å². The molecule has 2 rings (SSSR count). The first-order valence-corrected chi connectivity index (χ1v) is 8.54. The molecule has 0 aromatic heterocycles. The van der Waals surface area contributed by atoms with Gasteiger partial charge in [0.1, 0.15) is 0 Å². The standard InChI is InChI=1S/C18H26N2O4/c21-11-9-15(14-5-2-1-3-6-14)8-10-19-17(22)18(23)20-13-16-7-4-12-24-16/h1-3,5-6,15-16,21H,4,7-13H2,(H,19,22)(H,20,23)/t15-,16-/m0/s1. The van der Waals surface area contributed by atoms with Gasteiger partial charge in [0, 0.05) is 26.3 Å². The van der Waals surface area contributed by atoms with Gasteiger partial charge in [-0.1, -0.05) is 30.3 Å². The first kappa shape index (κ1) is 18.4. The van der Waals surface area contributed by atoms with Gasteiger partial charge in [-0.3, -0.25) is 9.59 Å². The second-order valence-corrected chi connectivity index (χ2v) is 6.01. The molecule has 132 valence electrons. The van der Waals surface area contributed by atoms with Crippen LogP contribution in [0.5, 0.6) is 0 Å². The third kappa shape index (κ3) is 5.94. The van der Waals surface area contributed by atoms with E-state index in [9.17, 15) is 14.7 Å². The largest absolute Gasteiger partial charge is 0.396 e. The molecule has 6 nitrogen and oxygen atoms in total. The molecule has 24 heavy (non-hydrogen) atoms. The number of carbonyl (C=O) groups is 2. The van der Waals surface area contributed by atoms with E-state index in [-0.39, 0.29) is 18.6 Å². The second kappa shape index (κ2) is 10.1. The zero-order chi connectivity index (χ0) is 17.2. The molecule has 1 aromatic carbocycles. The maximum atomic E-state index is 11.8. The maximum Gasteiger partial charge on any atom is 0.309 e. The minimum Gasteiger partial charge on any atom is -0.396 e. The number of nitrogens with one attached hydrogen (secondary N) is 2. The van der Waals surface area contributed by atoms with E-state index < -0.39 is 11.8 Å². The van der Waals surface area contributed by atoms with Crippen LogP contribution in [0.3, 0.4) is 0 Å². The molecule has 2 amide bonds. The molecule has 3 N–H and O–H groups in total. The fourth-order valence-corrected chi connectivity index (χ4v) is 2.89. The van der Waals surface area contributed by atoms with E-state index in [0.29, 0.717) is 25.9 Å². The lowest BCUT2D eigenvalue weighted by Crippen LogP contribution is -2.43. The molecule has 1 aliphatic heterocycles. The Labute approximate surface area is 142 Å². The first-order chi connectivity index (χ1) is 11.7. The molecule has 0 spiro atoms. The van der Waals surface area contributed by atoms with Crippen molar-refractivity contribution in [2.45, 2.75) is 37.7 Å². The maximum absolute atomic E-state index is 11.8. The summed E-state index contributed by atoms with van der Waals surface area (Å²) in [5.41, 5.74) is 1.13. The molecule has 0 aliphatic carbocycles. The number of hydrogen-bond donors (Lipinski definition) is 3. The summed E-state index contributed by atoms with van der Waals surface area (Å²) in [5, 5.41) is 14.5. The molecule has 0 bridgehead atoms. The second-order valence-electron chi connectivity index (χ2n) is 6.01. The normalized spacial score (nSPS) is 18.1. The van der Waals surface area contributed by atoms with Crippen molar-refractivity contribution in [1.82, 2.24) is 10.6 Å². The molecule has 1 aliphatic rings. The smallest absolute Gasteiger partial charge is 0.309 e. The van der Waals surface area contributed by atoms with Crippen molar-refractivity contribution >= 4 is 11.8 Å². The average Bonchev–Trinajstić information content (AvgIpc) is 3.13. The highest BCUT2D eigenvalue weighted by Gasteiger charge is 2.19. The SMILES string of the molecule is O=C(NCC[C@@H](CCO)c1ccccc1)C(=O)NC[C@@H]1CCCO1. The Morgan fingerprint density at radius 2 is 1.92 bits per heavy atom. The number of benzene rings is 1. The number of amides is 2. The highest BCUT2D eigenvalue weighted by molar-refractivity contribution is 6.35. The Hall–Kier alpha value is -1.92. The molecule has 0 saturated carbocycles. The topological polar surface area (TPSA) is 87.7 Å². The van der Waals surface area contributed by atoms with Crippen LogP contribution in [0.25, 0.3) is 0 Å². The molecule has 0 unspecified atom stereocenters. The van der Waals surface area contributed by atoms with Crippen LogP contribution >= 0.6 is 0 Å². The minimum atomic E-state index is -0.621. The molecule has 2 atom stereocenters. The van der Waals surface area contributed by atoms with Crippen LogP contribution in [-0.4, -0.2) is 49.3 Å². The van der Waals surface area contributed by atoms with Crippen LogP contribution in [-0.2, 0) is 14.3 Å². The van der Waals surface area contributed by atoms with E-state index in [1.54, 1.807) is 0 Å². The van der Waals surface area contributed by atoms with Crippen molar-refractivity contribution in [2.24, 2.45) is 0 Å². The van der Waals surface area contributed by atoms with E-state index in [1.165, 1.54) is 0 Å². The van der Waals surface area contributed by atoms with Crippen LogP contribution in [0.15, 0.2) is 30.3 Å². The van der Waals surface area contributed by atoms with Gasteiger partial charge in [0.25, 0.3) is 0 Å². The number of carbonyl (C=O) groups excluding carboxylic acids is 2.